The fourth-order valence-electron chi connectivity index (χ4n) is 0.907. The van der Waals surface area contributed by atoms with E-state index in [1.54, 1.807) is 22.6 Å². The second kappa shape index (κ2) is 4.91. The summed E-state index contributed by atoms with van der Waals surface area (Å²) in [4.78, 5) is 10.8. The van der Waals surface area contributed by atoms with E-state index in [1.165, 1.54) is 6.07 Å². The van der Waals surface area contributed by atoms with Gasteiger partial charge in [0.2, 0.25) is 0 Å². The SMILES string of the molecule is O=C(O)c1cc(I)ccc1OS(=O)(=O)C(F)(F)F. The van der Waals surface area contributed by atoms with Gasteiger partial charge in [-0.3, -0.25) is 0 Å². The average molecular weight is 396 g/mol. The molecule has 0 spiro atoms. The number of carbonyl (C=O) groups is 1. The van der Waals surface area contributed by atoms with E-state index >= 15 is 0 Å². The van der Waals surface area contributed by atoms with Crippen LogP contribution in [0.1, 0.15) is 10.4 Å². The molecular weight excluding hydrogens is 392 g/mol. The molecule has 1 rings (SSSR count). The Kier molecular flexibility index (Phi) is 4.10. The van der Waals surface area contributed by atoms with E-state index in [9.17, 15) is 26.4 Å². The van der Waals surface area contributed by atoms with E-state index in [0.29, 0.717) is 3.57 Å². The highest BCUT2D eigenvalue weighted by molar-refractivity contribution is 14.1. The molecule has 100 valence electrons. The molecule has 1 N–H and O–H groups in total. The van der Waals surface area contributed by atoms with Crippen molar-refractivity contribution in [2.45, 2.75) is 5.51 Å². The third-order valence-corrected chi connectivity index (χ3v) is 3.29. The minimum Gasteiger partial charge on any atom is -0.478 e. The fourth-order valence-corrected chi connectivity index (χ4v) is 1.87. The molecule has 18 heavy (non-hydrogen) atoms. The van der Waals surface area contributed by atoms with Crippen LogP contribution in [-0.2, 0) is 10.1 Å². The molecule has 0 saturated heterocycles. The van der Waals surface area contributed by atoms with E-state index in [2.05, 4.69) is 4.18 Å². The van der Waals surface area contributed by atoms with Gasteiger partial charge in [-0.1, -0.05) is 0 Å². The molecular formula is C8H4F3IO5S. The normalized spacial score (nSPS) is 12.2. The smallest absolute Gasteiger partial charge is 0.478 e. The largest absolute Gasteiger partial charge is 0.534 e. The van der Waals surface area contributed by atoms with Gasteiger partial charge in [0.1, 0.15) is 5.56 Å². The van der Waals surface area contributed by atoms with Gasteiger partial charge in [-0.05, 0) is 40.8 Å². The van der Waals surface area contributed by atoms with Crippen LogP contribution in [0, 0.1) is 3.57 Å². The summed E-state index contributed by atoms with van der Waals surface area (Å²) in [5.41, 5.74) is -6.29. The second-order valence-electron chi connectivity index (χ2n) is 2.93. The van der Waals surface area contributed by atoms with Gasteiger partial charge in [-0.25, -0.2) is 4.79 Å². The van der Waals surface area contributed by atoms with Gasteiger partial charge in [0.05, 0.1) is 0 Å². The van der Waals surface area contributed by atoms with Crippen molar-refractivity contribution in [1.82, 2.24) is 0 Å². The molecule has 1 aromatic rings. The standard InChI is InChI=1S/C8H4F3IO5S/c9-8(10,11)18(15,16)17-6-2-1-4(12)3-5(6)7(13)14/h1-3H,(H,13,14). The summed E-state index contributed by atoms with van der Waals surface area (Å²) < 4.78 is 61.9. The highest BCUT2D eigenvalue weighted by Gasteiger charge is 2.49. The Morgan fingerprint density at radius 1 is 1.33 bits per heavy atom. The molecule has 1 aromatic carbocycles. The molecule has 5 nitrogen and oxygen atoms in total. The Morgan fingerprint density at radius 3 is 2.33 bits per heavy atom. The summed E-state index contributed by atoms with van der Waals surface area (Å²) in [7, 11) is -5.89. The lowest BCUT2D eigenvalue weighted by atomic mass is 10.2. The molecule has 0 heterocycles. The van der Waals surface area contributed by atoms with Crippen LogP contribution in [-0.4, -0.2) is 25.0 Å². The number of halogens is 4. The second-order valence-corrected chi connectivity index (χ2v) is 5.71. The third-order valence-electron chi connectivity index (χ3n) is 1.65. The third kappa shape index (κ3) is 3.25. The van der Waals surface area contributed by atoms with Gasteiger partial charge in [0.15, 0.2) is 5.75 Å². The van der Waals surface area contributed by atoms with Crippen molar-refractivity contribution in [3.8, 4) is 5.75 Å². The van der Waals surface area contributed by atoms with E-state index in [-0.39, 0.29) is 0 Å². The number of rotatable bonds is 3. The minimum absolute atomic E-state index is 0.404. The Bertz CT molecular complexity index is 581. The molecule has 0 aliphatic rings. The van der Waals surface area contributed by atoms with E-state index in [4.69, 9.17) is 5.11 Å². The Balaban J connectivity index is 3.25. The monoisotopic (exact) mass is 396 g/mol. The summed E-state index contributed by atoms with van der Waals surface area (Å²) in [6, 6.07) is 3.05. The van der Waals surface area contributed by atoms with Crippen molar-refractivity contribution in [2.24, 2.45) is 0 Å². The lowest BCUT2D eigenvalue weighted by Gasteiger charge is -2.11. The maximum absolute atomic E-state index is 12.1. The van der Waals surface area contributed by atoms with Crippen LogP contribution < -0.4 is 4.18 Å². The van der Waals surface area contributed by atoms with Gasteiger partial charge in [-0.2, -0.15) is 21.6 Å². The van der Waals surface area contributed by atoms with E-state index in [1.807, 2.05) is 0 Å². The number of aromatic carboxylic acids is 1. The van der Waals surface area contributed by atoms with Crippen molar-refractivity contribution >= 4 is 38.7 Å². The summed E-state index contributed by atoms with van der Waals surface area (Å²) >= 11 is 1.72. The summed E-state index contributed by atoms with van der Waals surface area (Å²) in [6.45, 7) is 0. The molecule has 10 heteroatoms. The van der Waals surface area contributed by atoms with Crippen LogP contribution in [0.15, 0.2) is 18.2 Å². The highest BCUT2D eigenvalue weighted by atomic mass is 127. The van der Waals surface area contributed by atoms with Crippen LogP contribution in [0.2, 0.25) is 0 Å². The maximum atomic E-state index is 12.1. The molecule has 0 atom stereocenters. The highest BCUT2D eigenvalue weighted by Crippen LogP contribution is 2.29. The average Bonchev–Trinajstić information content (AvgIpc) is 2.18. The molecule has 0 radical (unpaired) electrons. The molecule has 0 bridgehead atoms. The number of benzene rings is 1. The first kappa shape index (κ1) is 15.0. The van der Waals surface area contributed by atoms with Crippen molar-refractivity contribution < 1.29 is 35.7 Å². The maximum Gasteiger partial charge on any atom is 0.534 e. The molecule has 0 fully saturated rings. The zero-order chi connectivity index (χ0) is 14.1. The van der Waals surface area contributed by atoms with Gasteiger partial charge in [0.25, 0.3) is 0 Å². The predicted octanol–water partition coefficient (Wildman–Crippen LogP) is 2.22. The summed E-state index contributed by atoms with van der Waals surface area (Å²) in [5.74, 6) is -2.49. The number of alkyl halides is 3. The fraction of sp³-hybridized carbons (Fsp3) is 0.125. The van der Waals surface area contributed by atoms with Crippen molar-refractivity contribution in [3.05, 3.63) is 27.3 Å². The molecule has 0 aliphatic carbocycles. The molecule has 0 amide bonds. The molecule has 0 aliphatic heterocycles. The number of hydrogen-bond donors (Lipinski definition) is 1. The number of carboxylic acid groups (broad SMARTS) is 1. The van der Waals surface area contributed by atoms with Crippen LogP contribution in [0.4, 0.5) is 13.2 Å². The van der Waals surface area contributed by atoms with E-state index < -0.39 is 32.9 Å². The van der Waals surface area contributed by atoms with Gasteiger partial charge < -0.3 is 9.29 Å². The Hall–Kier alpha value is -1.04. The zero-order valence-electron chi connectivity index (χ0n) is 8.23. The van der Waals surface area contributed by atoms with Crippen LogP contribution in [0.5, 0.6) is 5.75 Å². The minimum atomic E-state index is -5.89. The van der Waals surface area contributed by atoms with Gasteiger partial charge in [0, 0.05) is 3.57 Å². The molecule has 0 unspecified atom stereocenters. The van der Waals surface area contributed by atoms with Crippen molar-refractivity contribution in [1.29, 1.82) is 0 Å². The molecule has 0 aromatic heterocycles. The first-order valence-corrected chi connectivity index (χ1v) is 6.57. The first-order chi connectivity index (χ1) is 8.04. The Labute approximate surface area is 113 Å². The number of hydrogen-bond acceptors (Lipinski definition) is 4. The lowest BCUT2D eigenvalue weighted by Crippen LogP contribution is -2.28. The zero-order valence-corrected chi connectivity index (χ0v) is 11.2. The van der Waals surface area contributed by atoms with E-state index in [0.717, 1.165) is 12.1 Å². The quantitative estimate of drug-likeness (QED) is 0.482. The van der Waals surface area contributed by atoms with Crippen LogP contribution in [0.3, 0.4) is 0 Å². The molecule has 0 saturated carbocycles. The predicted molar refractivity (Wildman–Crippen MR) is 61.7 cm³/mol. The van der Waals surface area contributed by atoms with Crippen LogP contribution in [0.25, 0.3) is 0 Å². The lowest BCUT2D eigenvalue weighted by molar-refractivity contribution is -0.0500. The van der Waals surface area contributed by atoms with Crippen molar-refractivity contribution in [2.75, 3.05) is 0 Å². The van der Waals surface area contributed by atoms with Crippen molar-refractivity contribution in [3.63, 3.8) is 0 Å². The van der Waals surface area contributed by atoms with Gasteiger partial charge in [-0.15, -0.1) is 0 Å². The Morgan fingerprint density at radius 2 is 1.89 bits per heavy atom. The number of carboxylic acids is 1. The summed E-state index contributed by atoms with van der Waals surface area (Å²) in [6.07, 6.45) is 0. The summed E-state index contributed by atoms with van der Waals surface area (Å²) in [5, 5.41) is 8.73. The first-order valence-electron chi connectivity index (χ1n) is 4.08. The van der Waals surface area contributed by atoms with Crippen LogP contribution >= 0.6 is 22.6 Å². The van der Waals surface area contributed by atoms with Gasteiger partial charge >= 0.3 is 21.6 Å². The topological polar surface area (TPSA) is 80.7 Å².